The lowest BCUT2D eigenvalue weighted by molar-refractivity contribution is -0.358. The maximum Gasteiger partial charge on any atom is 0.363 e. The Balaban J connectivity index is 4.60. The van der Waals surface area contributed by atoms with Gasteiger partial charge in [-0.05, 0) is 26.7 Å². The van der Waals surface area contributed by atoms with E-state index in [1.165, 1.54) is 39.5 Å². The molecule has 0 saturated carbocycles. The normalized spacial score (nSPS) is 12.3. The number of hydrogen-bond donors (Lipinski definition) is 2. The van der Waals surface area contributed by atoms with Crippen LogP contribution in [-0.4, -0.2) is 34.2 Å². The SMILES string of the molecule is C=C(C)C(=O)OC(CCCCCCCCCC)C(O)(O)OC(=O)C(=C)C. The summed E-state index contributed by atoms with van der Waals surface area (Å²) in [6, 6.07) is 0. The van der Waals surface area contributed by atoms with E-state index in [4.69, 9.17) is 4.74 Å². The van der Waals surface area contributed by atoms with Gasteiger partial charge in [0.15, 0.2) is 6.10 Å². The molecule has 26 heavy (non-hydrogen) atoms. The van der Waals surface area contributed by atoms with Crippen molar-refractivity contribution in [2.75, 3.05) is 0 Å². The molecule has 0 spiro atoms. The van der Waals surface area contributed by atoms with E-state index in [2.05, 4.69) is 24.8 Å². The van der Waals surface area contributed by atoms with E-state index in [0.29, 0.717) is 6.42 Å². The van der Waals surface area contributed by atoms with Gasteiger partial charge >= 0.3 is 17.9 Å². The zero-order valence-electron chi connectivity index (χ0n) is 16.4. The van der Waals surface area contributed by atoms with Crippen molar-refractivity contribution in [1.29, 1.82) is 0 Å². The topological polar surface area (TPSA) is 93.1 Å². The van der Waals surface area contributed by atoms with Gasteiger partial charge in [-0.3, -0.25) is 0 Å². The highest BCUT2D eigenvalue weighted by molar-refractivity contribution is 5.88. The van der Waals surface area contributed by atoms with Gasteiger partial charge in [-0.2, -0.15) is 0 Å². The summed E-state index contributed by atoms with van der Waals surface area (Å²) in [7, 11) is 0. The van der Waals surface area contributed by atoms with Crippen molar-refractivity contribution in [2.24, 2.45) is 0 Å². The maximum atomic E-state index is 11.8. The van der Waals surface area contributed by atoms with Crippen molar-refractivity contribution in [2.45, 2.75) is 90.6 Å². The molecule has 0 radical (unpaired) electrons. The van der Waals surface area contributed by atoms with Gasteiger partial charge in [0, 0.05) is 11.1 Å². The van der Waals surface area contributed by atoms with Gasteiger partial charge in [0.05, 0.1) is 0 Å². The molecule has 6 nitrogen and oxygen atoms in total. The van der Waals surface area contributed by atoms with Gasteiger partial charge in [-0.1, -0.05) is 65.0 Å². The lowest BCUT2D eigenvalue weighted by Crippen LogP contribution is -2.48. The second kappa shape index (κ2) is 12.7. The van der Waals surface area contributed by atoms with E-state index < -0.39 is 24.0 Å². The predicted molar refractivity (Wildman–Crippen MR) is 100.0 cm³/mol. The molecule has 0 rings (SSSR count). The molecule has 0 saturated heterocycles. The third-order valence-corrected chi connectivity index (χ3v) is 3.93. The van der Waals surface area contributed by atoms with Crippen molar-refractivity contribution in [3.05, 3.63) is 24.3 Å². The molecule has 0 aliphatic rings. The van der Waals surface area contributed by atoms with Crippen LogP contribution < -0.4 is 0 Å². The molecular formula is C20H34O6. The van der Waals surface area contributed by atoms with E-state index in [-0.39, 0.29) is 17.6 Å². The van der Waals surface area contributed by atoms with Gasteiger partial charge in [0.1, 0.15) is 0 Å². The van der Waals surface area contributed by atoms with Crippen molar-refractivity contribution < 1.29 is 29.3 Å². The van der Waals surface area contributed by atoms with Crippen LogP contribution in [0.4, 0.5) is 0 Å². The molecule has 2 N–H and O–H groups in total. The van der Waals surface area contributed by atoms with Gasteiger partial charge in [0.25, 0.3) is 0 Å². The summed E-state index contributed by atoms with van der Waals surface area (Å²) in [4.78, 5) is 23.3. The van der Waals surface area contributed by atoms with E-state index in [1.807, 2.05) is 0 Å². The largest absolute Gasteiger partial charge is 0.449 e. The second-order valence-corrected chi connectivity index (χ2v) is 6.77. The molecule has 1 unspecified atom stereocenters. The van der Waals surface area contributed by atoms with Crippen LogP contribution in [0.1, 0.15) is 78.6 Å². The number of rotatable bonds is 14. The summed E-state index contributed by atoms with van der Waals surface area (Å²) in [5.74, 6) is -4.65. The van der Waals surface area contributed by atoms with Crippen molar-refractivity contribution in [1.82, 2.24) is 0 Å². The molecule has 0 amide bonds. The van der Waals surface area contributed by atoms with Crippen LogP contribution in [0, 0.1) is 0 Å². The van der Waals surface area contributed by atoms with Crippen LogP contribution in [0.5, 0.6) is 0 Å². The molecule has 0 aromatic carbocycles. The van der Waals surface area contributed by atoms with Crippen molar-refractivity contribution in [3.8, 4) is 0 Å². The highest BCUT2D eigenvalue weighted by Crippen LogP contribution is 2.22. The fourth-order valence-electron chi connectivity index (χ4n) is 2.31. The van der Waals surface area contributed by atoms with E-state index in [0.717, 1.165) is 19.3 Å². The number of aliphatic hydroxyl groups is 2. The van der Waals surface area contributed by atoms with Crippen molar-refractivity contribution >= 4 is 11.9 Å². The first-order valence-corrected chi connectivity index (χ1v) is 9.31. The van der Waals surface area contributed by atoms with Crippen LogP contribution in [0.15, 0.2) is 24.3 Å². The molecule has 0 aliphatic carbocycles. The third kappa shape index (κ3) is 10.4. The highest BCUT2D eigenvalue weighted by atomic mass is 16.8. The molecule has 6 heteroatoms. The van der Waals surface area contributed by atoms with Crippen LogP contribution in [0.2, 0.25) is 0 Å². The maximum absolute atomic E-state index is 11.8. The Morgan fingerprint density at radius 2 is 1.35 bits per heavy atom. The predicted octanol–water partition coefficient (Wildman–Crippen LogP) is 3.76. The monoisotopic (exact) mass is 370 g/mol. The summed E-state index contributed by atoms with van der Waals surface area (Å²) in [6.45, 7) is 11.9. The molecule has 0 heterocycles. The van der Waals surface area contributed by atoms with Crippen LogP contribution in [0.3, 0.4) is 0 Å². The molecular weight excluding hydrogens is 336 g/mol. The van der Waals surface area contributed by atoms with E-state index >= 15 is 0 Å². The summed E-state index contributed by atoms with van der Waals surface area (Å²) >= 11 is 0. The molecule has 0 aromatic rings. The molecule has 0 fully saturated rings. The highest BCUT2D eigenvalue weighted by Gasteiger charge is 2.42. The number of carbonyl (C=O) groups is 2. The standard InChI is InChI=1S/C20H34O6/c1-6-7-8-9-10-11-12-13-14-17(25-18(21)15(2)3)20(23,24)26-19(22)16(4)5/h17,23-24H,2,4,6-14H2,1,3,5H3. The summed E-state index contributed by atoms with van der Waals surface area (Å²) in [5.41, 5.74) is 0.127. The molecule has 0 aromatic heterocycles. The Morgan fingerprint density at radius 3 is 1.81 bits per heavy atom. The van der Waals surface area contributed by atoms with Crippen LogP contribution >= 0.6 is 0 Å². The average molecular weight is 370 g/mol. The minimum Gasteiger partial charge on any atom is -0.449 e. The lowest BCUT2D eigenvalue weighted by Gasteiger charge is -2.30. The lowest BCUT2D eigenvalue weighted by atomic mass is 10.0. The summed E-state index contributed by atoms with van der Waals surface area (Å²) in [6.07, 6.45) is 7.21. The zero-order chi connectivity index (χ0) is 20.2. The Bertz CT molecular complexity index is 481. The molecule has 0 aliphatic heterocycles. The Hall–Kier alpha value is -1.66. The first-order valence-electron chi connectivity index (χ1n) is 9.31. The first-order chi connectivity index (χ1) is 12.1. The minimum absolute atomic E-state index is 0.00883. The number of esters is 2. The van der Waals surface area contributed by atoms with Crippen LogP contribution in [-0.2, 0) is 19.1 Å². The Kier molecular flexibility index (Phi) is 11.8. The first kappa shape index (κ1) is 24.3. The number of carbonyl (C=O) groups excluding carboxylic acids is 2. The second-order valence-electron chi connectivity index (χ2n) is 6.77. The zero-order valence-corrected chi connectivity index (χ0v) is 16.4. The molecule has 0 bridgehead atoms. The number of hydrogen-bond acceptors (Lipinski definition) is 6. The molecule has 150 valence electrons. The number of ether oxygens (including phenoxy) is 2. The summed E-state index contributed by atoms with van der Waals surface area (Å²) < 4.78 is 9.70. The quantitative estimate of drug-likeness (QED) is 0.209. The number of unbranched alkanes of at least 4 members (excludes halogenated alkanes) is 7. The van der Waals surface area contributed by atoms with Gasteiger partial charge in [-0.25, -0.2) is 9.59 Å². The van der Waals surface area contributed by atoms with Gasteiger partial charge in [-0.15, -0.1) is 0 Å². The Labute approximate surface area is 156 Å². The fourth-order valence-corrected chi connectivity index (χ4v) is 2.31. The van der Waals surface area contributed by atoms with E-state index in [1.54, 1.807) is 0 Å². The fraction of sp³-hybridized carbons (Fsp3) is 0.700. The minimum atomic E-state index is -2.91. The van der Waals surface area contributed by atoms with E-state index in [9.17, 15) is 19.8 Å². The van der Waals surface area contributed by atoms with Gasteiger partial charge < -0.3 is 19.7 Å². The smallest absolute Gasteiger partial charge is 0.363 e. The Morgan fingerprint density at radius 1 is 0.885 bits per heavy atom. The molecule has 1 atom stereocenters. The summed E-state index contributed by atoms with van der Waals surface area (Å²) in [5, 5.41) is 20.2. The third-order valence-electron chi connectivity index (χ3n) is 3.93. The van der Waals surface area contributed by atoms with Crippen molar-refractivity contribution in [3.63, 3.8) is 0 Å². The van der Waals surface area contributed by atoms with Crippen LogP contribution in [0.25, 0.3) is 0 Å². The van der Waals surface area contributed by atoms with Gasteiger partial charge in [0.2, 0.25) is 0 Å². The average Bonchev–Trinajstić information content (AvgIpc) is 2.55.